The summed E-state index contributed by atoms with van der Waals surface area (Å²) < 4.78 is 13.4. The molecule has 21 heavy (non-hydrogen) atoms. The Kier molecular flexibility index (Phi) is 3.56. The highest BCUT2D eigenvalue weighted by Gasteiger charge is 2.22. The fourth-order valence-corrected chi connectivity index (χ4v) is 2.51. The van der Waals surface area contributed by atoms with Crippen molar-refractivity contribution in [2.45, 2.75) is 13.3 Å². The van der Waals surface area contributed by atoms with Gasteiger partial charge in [0.15, 0.2) is 5.82 Å². The lowest BCUT2D eigenvalue weighted by Gasteiger charge is -2.29. The van der Waals surface area contributed by atoms with Crippen molar-refractivity contribution in [2.24, 2.45) is 4.99 Å². The van der Waals surface area contributed by atoms with Gasteiger partial charge in [0.1, 0.15) is 11.5 Å². The van der Waals surface area contributed by atoms with Gasteiger partial charge in [0.2, 0.25) is 0 Å². The summed E-state index contributed by atoms with van der Waals surface area (Å²) in [6.45, 7) is 3.58. The lowest BCUT2D eigenvalue weighted by molar-refractivity contribution is 0.627. The second-order valence-corrected chi connectivity index (χ2v) is 5.06. The average molecular weight is 284 g/mol. The Morgan fingerprint density at radius 3 is 2.95 bits per heavy atom. The van der Waals surface area contributed by atoms with Crippen molar-refractivity contribution in [3.63, 3.8) is 0 Å². The maximum Gasteiger partial charge on any atom is 0.157 e. The molecule has 1 aliphatic rings. The van der Waals surface area contributed by atoms with E-state index >= 15 is 0 Å². The number of hydrogen-bond acceptors (Lipinski definition) is 4. The smallest absolute Gasteiger partial charge is 0.157 e. The molecular formula is C16H17FN4. The molecule has 2 aromatic rings. The number of rotatable bonds is 3. The minimum Gasteiger partial charge on any atom is -0.397 e. The molecule has 2 heterocycles. The number of nitrogens with zero attached hydrogens (tertiary/aromatic N) is 3. The Morgan fingerprint density at radius 2 is 2.19 bits per heavy atom. The number of aromatic nitrogens is 1. The van der Waals surface area contributed by atoms with Gasteiger partial charge in [0, 0.05) is 18.3 Å². The first-order valence-corrected chi connectivity index (χ1v) is 7.02. The summed E-state index contributed by atoms with van der Waals surface area (Å²) in [6, 6.07) is 8.23. The molecule has 0 radical (unpaired) electrons. The largest absolute Gasteiger partial charge is 0.397 e. The second-order valence-electron chi connectivity index (χ2n) is 5.06. The van der Waals surface area contributed by atoms with E-state index in [0.29, 0.717) is 17.9 Å². The fourth-order valence-electron chi connectivity index (χ4n) is 2.51. The SMILES string of the molecule is CCCN1CC(c2cccc(F)c2)=Nc2c(N)ccnc21. The predicted octanol–water partition coefficient (Wildman–Crippen LogP) is 3.15. The Hall–Kier alpha value is -2.43. The van der Waals surface area contributed by atoms with E-state index in [-0.39, 0.29) is 5.82 Å². The van der Waals surface area contributed by atoms with E-state index in [1.807, 2.05) is 6.07 Å². The van der Waals surface area contributed by atoms with Crippen molar-refractivity contribution in [3.8, 4) is 0 Å². The molecule has 4 nitrogen and oxygen atoms in total. The van der Waals surface area contributed by atoms with Crippen LogP contribution < -0.4 is 10.6 Å². The summed E-state index contributed by atoms with van der Waals surface area (Å²) in [5.41, 5.74) is 8.89. The maximum absolute atomic E-state index is 13.4. The first-order chi connectivity index (χ1) is 10.2. The molecule has 1 aromatic carbocycles. The quantitative estimate of drug-likeness (QED) is 0.942. The summed E-state index contributed by atoms with van der Waals surface area (Å²) in [7, 11) is 0. The van der Waals surface area contributed by atoms with Gasteiger partial charge in [-0.2, -0.15) is 0 Å². The number of nitrogens with two attached hydrogens (primary N) is 1. The van der Waals surface area contributed by atoms with Crippen LogP contribution in [0.4, 0.5) is 21.6 Å². The number of benzene rings is 1. The second kappa shape index (κ2) is 5.52. The molecular weight excluding hydrogens is 267 g/mol. The summed E-state index contributed by atoms with van der Waals surface area (Å²) in [5, 5.41) is 0. The van der Waals surface area contributed by atoms with Crippen molar-refractivity contribution in [2.75, 3.05) is 23.7 Å². The van der Waals surface area contributed by atoms with Gasteiger partial charge in [-0.15, -0.1) is 0 Å². The molecule has 0 saturated carbocycles. The minimum absolute atomic E-state index is 0.262. The van der Waals surface area contributed by atoms with Crippen LogP contribution in [0.25, 0.3) is 0 Å². The minimum atomic E-state index is -0.262. The van der Waals surface area contributed by atoms with E-state index in [1.165, 1.54) is 12.1 Å². The van der Waals surface area contributed by atoms with Crippen molar-refractivity contribution >= 4 is 22.9 Å². The third kappa shape index (κ3) is 2.59. The van der Waals surface area contributed by atoms with Crippen LogP contribution in [0.5, 0.6) is 0 Å². The maximum atomic E-state index is 13.4. The zero-order valence-electron chi connectivity index (χ0n) is 11.9. The number of aliphatic imine (C=N–C) groups is 1. The number of halogens is 1. The summed E-state index contributed by atoms with van der Waals surface area (Å²) in [4.78, 5) is 11.1. The average Bonchev–Trinajstić information content (AvgIpc) is 2.48. The first-order valence-electron chi connectivity index (χ1n) is 7.02. The monoisotopic (exact) mass is 284 g/mol. The van der Waals surface area contributed by atoms with Gasteiger partial charge in [-0.05, 0) is 24.6 Å². The Balaban J connectivity index is 2.09. The molecule has 5 heteroatoms. The van der Waals surface area contributed by atoms with Crippen LogP contribution in [0.1, 0.15) is 18.9 Å². The molecule has 0 spiro atoms. The predicted molar refractivity (Wildman–Crippen MR) is 83.8 cm³/mol. The standard InChI is InChI=1S/C16H17FN4/c1-2-8-21-10-14(11-4-3-5-12(17)9-11)20-15-13(18)6-7-19-16(15)21/h3-7,9H,2,8,10H2,1H3,(H2,18,19). The van der Waals surface area contributed by atoms with E-state index in [1.54, 1.807) is 18.3 Å². The molecule has 0 bridgehead atoms. The molecule has 1 aliphatic heterocycles. The summed E-state index contributed by atoms with van der Waals surface area (Å²) in [5.74, 6) is 0.541. The number of nitrogen functional groups attached to an aromatic ring is 1. The Labute approximate surface area is 123 Å². The van der Waals surface area contributed by atoms with Gasteiger partial charge < -0.3 is 10.6 Å². The molecule has 0 saturated heterocycles. The number of fused-ring (bicyclic) bond motifs is 1. The van der Waals surface area contributed by atoms with E-state index in [9.17, 15) is 4.39 Å². The van der Waals surface area contributed by atoms with Crippen molar-refractivity contribution in [1.82, 2.24) is 4.98 Å². The summed E-state index contributed by atoms with van der Waals surface area (Å²) in [6.07, 6.45) is 2.69. The van der Waals surface area contributed by atoms with Crippen molar-refractivity contribution in [3.05, 3.63) is 47.9 Å². The topological polar surface area (TPSA) is 54.5 Å². The van der Waals surface area contributed by atoms with Crippen LogP contribution in [0.2, 0.25) is 0 Å². The highest BCUT2D eigenvalue weighted by Crippen LogP contribution is 2.36. The molecule has 0 amide bonds. The molecule has 0 atom stereocenters. The van der Waals surface area contributed by atoms with Crippen LogP contribution in [0.3, 0.4) is 0 Å². The molecule has 0 aliphatic carbocycles. The first kappa shape index (κ1) is 13.5. The third-order valence-electron chi connectivity index (χ3n) is 3.47. The van der Waals surface area contributed by atoms with Crippen LogP contribution in [0.15, 0.2) is 41.5 Å². The van der Waals surface area contributed by atoms with Crippen LogP contribution in [-0.4, -0.2) is 23.8 Å². The van der Waals surface area contributed by atoms with Gasteiger partial charge in [0.25, 0.3) is 0 Å². The zero-order valence-corrected chi connectivity index (χ0v) is 11.9. The normalized spacial score (nSPS) is 13.8. The van der Waals surface area contributed by atoms with Gasteiger partial charge in [-0.3, -0.25) is 0 Å². The highest BCUT2D eigenvalue weighted by atomic mass is 19.1. The zero-order chi connectivity index (χ0) is 14.8. The molecule has 108 valence electrons. The van der Waals surface area contributed by atoms with E-state index in [4.69, 9.17) is 5.73 Å². The lowest BCUT2D eigenvalue weighted by Crippen LogP contribution is -2.34. The van der Waals surface area contributed by atoms with Gasteiger partial charge in [-0.25, -0.2) is 14.4 Å². The van der Waals surface area contributed by atoms with Gasteiger partial charge in [-0.1, -0.05) is 19.1 Å². The van der Waals surface area contributed by atoms with Crippen LogP contribution in [-0.2, 0) is 0 Å². The van der Waals surface area contributed by atoms with Crippen molar-refractivity contribution in [1.29, 1.82) is 0 Å². The fraction of sp³-hybridized carbons (Fsp3) is 0.250. The number of anilines is 2. The van der Waals surface area contributed by atoms with E-state index in [2.05, 4.69) is 21.8 Å². The number of pyridine rings is 1. The number of hydrogen-bond donors (Lipinski definition) is 1. The molecule has 1 aromatic heterocycles. The van der Waals surface area contributed by atoms with Crippen LogP contribution in [0, 0.1) is 5.82 Å². The van der Waals surface area contributed by atoms with Crippen molar-refractivity contribution < 1.29 is 4.39 Å². The summed E-state index contributed by atoms with van der Waals surface area (Å²) >= 11 is 0. The van der Waals surface area contributed by atoms with Gasteiger partial charge in [0.05, 0.1) is 17.9 Å². The molecule has 0 unspecified atom stereocenters. The highest BCUT2D eigenvalue weighted by molar-refractivity contribution is 6.08. The Bertz CT molecular complexity index is 696. The molecule has 0 fully saturated rings. The Morgan fingerprint density at radius 1 is 1.33 bits per heavy atom. The lowest BCUT2D eigenvalue weighted by atomic mass is 10.1. The van der Waals surface area contributed by atoms with E-state index < -0.39 is 0 Å². The van der Waals surface area contributed by atoms with E-state index in [0.717, 1.165) is 30.1 Å². The molecule has 2 N–H and O–H groups in total. The van der Waals surface area contributed by atoms with Crippen LogP contribution >= 0.6 is 0 Å². The molecule has 3 rings (SSSR count). The third-order valence-corrected chi connectivity index (χ3v) is 3.47. The van der Waals surface area contributed by atoms with Gasteiger partial charge >= 0.3 is 0 Å².